The van der Waals surface area contributed by atoms with Crippen LogP contribution in [0.3, 0.4) is 0 Å². The van der Waals surface area contributed by atoms with Crippen molar-refractivity contribution in [3.8, 4) is 11.5 Å². The first-order chi connectivity index (χ1) is 14.8. The Morgan fingerprint density at radius 3 is 2.35 bits per heavy atom. The minimum Gasteiger partial charge on any atom is -0.497 e. The predicted octanol–water partition coefficient (Wildman–Crippen LogP) is 3.30. The van der Waals surface area contributed by atoms with Crippen molar-refractivity contribution in [2.45, 2.75) is 43.5 Å². The summed E-state index contributed by atoms with van der Waals surface area (Å²) in [6.07, 6.45) is 2.38. The molecular formula is C23H30N2O5S. The van der Waals surface area contributed by atoms with Crippen LogP contribution in [-0.4, -0.2) is 45.9 Å². The summed E-state index contributed by atoms with van der Waals surface area (Å²) in [4.78, 5) is 12.8. The zero-order chi connectivity index (χ0) is 22.4. The molecule has 1 aliphatic rings. The van der Waals surface area contributed by atoms with E-state index in [0.29, 0.717) is 30.8 Å². The molecule has 0 radical (unpaired) electrons. The average molecular weight is 447 g/mol. The van der Waals surface area contributed by atoms with Gasteiger partial charge in [-0.05, 0) is 67.6 Å². The number of hydrogen-bond acceptors (Lipinski definition) is 5. The third kappa shape index (κ3) is 5.57. The van der Waals surface area contributed by atoms with Crippen molar-refractivity contribution < 1.29 is 22.7 Å². The number of nitrogens with one attached hydrogen (secondary N) is 1. The van der Waals surface area contributed by atoms with Crippen LogP contribution in [0.4, 0.5) is 0 Å². The molecular weight excluding hydrogens is 416 g/mol. The third-order valence-corrected chi connectivity index (χ3v) is 7.46. The minimum absolute atomic E-state index is 0.113. The summed E-state index contributed by atoms with van der Waals surface area (Å²) in [5.74, 6) is 1.23. The van der Waals surface area contributed by atoms with Gasteiger partial charge >= 0.3 is 0 Å². The first-order valence-electron chi connectivity index (χ1n) is 10.5. The summed E-state index contributed by atoms with van der Waals surface area (Å²) in [6.45, 7) is 3.02. The Bertz CT molecular complexity index is 999. The molecule has 1 N–H and O–H groups in total. The number of amides is 1. The number of nitrogens with zero attached hydrogens (tertiary/aromatic N) is 1. The zero-order valence-electron chi connectivity index (χ0n) is 18.3. The highest BCUT2D eigenvalue weighted by atomic mass is 32.2. The van der Waals surface area contributed by atoms with E-state index >= 15 is 0 Å². The quantitative estimate of drug-likeness (QED) is 0.639. The zero-order valence-corrected chi connectivity index (χ0v) is 19.1. The summed E-state index contributed by atoms with van der Waals surface area (Å²) < 4.78 is 37.8. The van der Waals surface area contributed by atoms with Crippen LogP contribution < -0.4 is 14.8 Å². The molecule has 0 aliphatic carbocycles. The van der Waals surface area contributed by atoms with Crippen LogP contribution in [0, 0.1) is 0 Å². The van der Waals surface area contributed by atoms with Gasteiger partial charge in [0, 0.05) is 19.5 Å². The van der Waals surface area contributed by atoms with Crippen LogP contribution in [0.1, 0.15) is 43.4 Å². The normalized spacial score (nSPS) is 15.5. The van der Waals surface area contributed by atoms with Crippen LogP contribution in [0.25, 0.3) is 0 Å². The maximum absolute atomic E-state index is 12.9. The molecule has 0 spiro atoms. The highest BCUT2D eigenvalue weighted by Crippen LogP contribution is 2.27. The van der Waals surface area contributed by atoms with Crippen molar-refractivity contribution in [2.75, 3.05) is 27.3 Å². The molecule has 8 heteroatoms. The number of carbonyl (C=O) groups excluding carboxylic acids is 1. The largest absolute Gasteiger partial charge is 0.497 e. The number of aryl methyl sites for hydroxylation is 1. The maximum atomic E-state index is 12.9. The lowest BCUT2D eigenvalue weighted by Crippen LogP contribution is -2.28. The van der Waals surface area contributed by atoms with E-state index in [-0.39, 0.29) is 23.3 Å². The van der Waals surface area contributed by atoms with E-state index in [1.807, 2.05) is 31.2 Å². The van der Waals surface area contributed by atoms with Crippen molar-refractivity contribution in [3.63, 3.8) is 0 Å². The van der Waals surface area contributed by atoms with Crippen LogP contribution in [-0.2, 0) is 21.2 Å². The van der Waals surface area contributed by atoms with E-state index in [4.69, 9.17) is 9.47 Å². The van der Waals surface area contributed by atoms with E-state index in [0.717, 1.165) is 24.2 Å². The number of sulfonamides is 1. The second-order valence-corrected chi connectivity index (χ2v) is 9.59. The van der Waals surface area contributed by atoms with Crippen molar-refractivity contribution in [1.29, 1.82) is 0 Å². The molecule has 31 heavy (non-hydrogen) atoms. The van der Waals surface area contributed by atoms with E-state index < -0.39 is 10.0 Å². The third-order valence-electron chi connectivity index (χ3n) is 5.57. The Hall–Kier alpha value is -2.58. The van der Waals surface area contributed by atoms with Gasteiger partial charge < -0.3 is 14.8 Å². The summed E-state index contributed by atoms with van der Waals surface area (Å²) in [5.41, 5.74) is 1.68. The monoisotopic (exact) mass is 446 g/mol. The Labute approximate surface area is 184 Å². The van der Waals surface area contributed by atoms with Crippen molar-refractivity contribution >= 4 is 15.9 Å². The van der Waals surface area contributed by atoms with Crippen LogP contribution in [0.5, 0.6) is 11.5 Å². The second-order valence-electron chi connectivity index (χ2n) is 7.65. The van der Waals surface area contributed by atoms with Gasteiger partial charge in [-0.3, -0.25) is 4.79 Å². The van der Waals surface area contributed by atoms with Gasteiger partial charge in [0.05, 0.1) is 25.2 Å². The van der Waals surface area contributed by atoms with Crippen molar-refractivity contribution in [1.82, 2.24) is 9.62 Å². The lowest BCUT2D eigenvalue weighted by atomic mass is 10.1. The van der Waals surface area contributed by atoms with Gasteiger partial charge in [0.15, 0.2) is 0 Å². The summed E-state index contributed by atoms with van der Waals surface area (Å²) in [7, 11) is -0.367. The first-order valence-corrected chi connectivity index (χ1v) is 11.9. The predicted molar refractivity (Wildman–Crippen MR) is 119 cm³/mol. The molecule has 7 nitrogen and oxygen atoms in total. The molecule has 0 aromatic heterocycles. The molecule has 0 saturated carbocycles. The lowest BCUT2D eigenvalue weighted by Gasteiger charge is -2.18. The van der Waals surface area contributed by atoms with Gasteiger partial charge in [-0.15, -0.1) is 0 Å². The standard InChI is InChI=1S/C23H30N2O5S/c1-17(18-6-9-20(29-2)10-7-18)24-23(26)13-8-19-16-21(11-12-22(19)30-3)31(27,28)25-14-4-5-15-25/h6-7,9-12,16-17H,4-5,8,13-15H2,1-3H3,(H,24,26)/t17-/m0/s1. The number of rotatable bonds is 9. The molecule has 0 unspecified atom stereocenters. The van der Waals surface area contributed by atoms with Gasteiger partial charge in [-0.25, -0.2) is 8.42 Å². The molecule has 3 rings (SSSR count). The topological polar surface area (TPSA) is 84.9 Å². The van der Waals surface area contributed by atoms with Crippen LogP contribution in [0.15, 0.2) is 47.4 Å². The second kappa shape index (κ2) is 10.2. The van der Waals surface area contributed by atoms with Crippen LogP contribution in [0.2, 0.25) is 0 Å². The van der Waals surface area contributed by atoms with E-state index in [9.17, 15) is 13.2 Å². The Morgan fingerprint density at radius 2 is 1.74 bits per heavy atom. The Balaban J connectivity index is 1.66. The highest BCUT2D eigenvalue weighted by Gasteiger charge is 2.27. The minimum atomic E-state index is -3.52. The number of methoxy groups -OCH3 is 2. The first kappa shape index (κ1) is 23.1. The molecule has 1 saturated heterocycles. The summed E-state index contributed by atoms with van der Waals surface area (Å²) in [6, 6.07) is 12.3. The van der Waals surface area contributed by atoms with Crippen molar-refractivity contribution in [3.05, 3.63) is 53.6 Å². The van der Waals surface area contributed by atoms with E-state index in [1.165, 1.54) is 4.31 Å². The molecule has 1 fully saturated rings. The molecule has 1 aliphatic heterocycles. The molecule has 168 valence electrons. The SMILES string of the molecule is COc1ccc([C@H](C)NC(=O)CCc2cc(S(=O)(=O)N3CCCC3)ccc2OC)cc1. The molecule has 2 aromatic rings. The summed E-state index contributed by atoms with van der Waals surface area (Å²) in [5, 5.41) is 2.98. The van der Waals surface area contributed by atoms with Gasteiger partial charge in [-0.1, -0.05) is 12.1 Å². The average Bonchev–Trinajstić information content (AvgIpc) is 3.33. The Morgan fingerprint density at radius 1 is 1.06 bits per heavy atom. The molecule has 2 aromatic carbocycles. The van der Waals surface area contributed by atoms with E-state index in [2.05, 4.69) is 5.32 Å². The Kier molecular flexibility index (Phi) is 7.56. The highest BCUT2D eigenvalue weighted by molar-refractivity contribution is 7.89. The molecule has 1 heterocycles. The smallest absolute Gasteiger partial charge is 0.243 e. The van der Waals surface area contributed by atoms with Gasteiger partial charge in [0.2, 0.25) is 15.9 Å². The maximum Gasteiger partial charge on any atom is 0.243 e. The number of benzene rings is 2. The molecule has 0 bridgehead atoms. The fourth-order valence-corrected chi connectivity index (χ4v) is 5.29. The number of ether oxygens (including phenoxy) is 2. The number of carbonyl (C=O) groups is 1. The molecule has 1 amide bonds. The van der Waals surface area contributed by atoms with Gasteiger partial charge in [0.1, 0.15) is 11.5 Å². The van der Waals surface area contributed by atoms with Gasteiger partial charge in [0.25, 0.3) is 0 Å². The summed E-state index contributed by atoms with van der Waals surface area (Å²) >= 11 is 0. The van der Waals surface area contributed by atoms with Gasteiger partial charge in [-0.2, -0.15) is 4.31 Å². The fraction of sp³-hybridized carbons (Fsp3) is 0.435. The molecule has 1 atom stereocenters. The van der Waals surface area contributed by atoms with E-state index in [1.54, 1.807) is 32.4 Å². The lowest BCUT2D eigenvalue weighted by molar-refractivity contribution is -0.121. The van der Waals surface area contributed by atoms with Crippen molar-refractivity contribution in [2.24, 2.45) is 0 Å². The fourth-order valence-electron chi connectivity index (χ4n) is 3.73. The van der Waals surface area contributed by atoms with Crippen LogP contribution >= 0.6 is 0 Å². The number of hydrogen-bond donors (Lipinski definition) is 1.